The van der Waals surface area contributed by atoms with Crippen LogP contribution >= 0.6 is 0 Å². The second kappa shape index (κ2) is 4.51. The Morgan fingerprint density at radius 1 is 1.42 bits per heavy atom. The maximum atomic E-state index is 11.1. The summed E-state index contributed by atoms with van der Waals surface area (Å²) in [5, 5.41) is 11.0. The molecule has 0 unspecified atom stereocenters. The summed E-state index contributed by atoms with van der Waals surface area (Å²) in [6.45, 7) is 1.49. The van der Waals surface area contributed by atoms with Crippen molar-refractivity contribution in [3.8, 4) is 0 Å². The average Bonchev–Trinajstić information content (AvgIpc) is 2.37. The molecule has 1 aliphatic heterocycles. The van der Waals surface area contributed by atoms with Crippen molar-refractivity contribution in [1.82, 2.24) is 4.98 Å². The topological polar surface area (TPSA) is 62.7 Å². The van der Waals surface area contributed by atoms with Crippen LogP contribution in [-0.2, 0) is 4.74 Å². The predicted octanol–water partition coefficient (Wildman–Crippen LogP) is 1.77. The molecule has 0 bridgehead atoms. The summed E-state index contributed by atoms with van der Waals surface area (Å²) < 4.78 is 5.24. The number of aromatic carboxylic acids is 1. The van der Waals surface area contributed by atoms with Crippen LogP contribution in [0.25, 0.3) is 10.8 Å². The third kappa shape index (κ3) is 2.02. The van der Waals surface area contributed by atoms with E-state index >= 15 is 0 Å². The molecule has 0 atom stereocenters. The Kier molecular flexibility index (Phi) is 2.83. The van der Waals surface area contributed by atoms with Crippen molar-refractivity contribution >= 4 is 22.6 Å². The number of nitrogens with zero attached hydrogens (tertiary/aromatic N) is 2. The highest BCUT2D eigenvalue weighted by Crippen LogP contribution is 2.29. The molecule has 0 saturated carbocycles. The minimum Gasteiger partial charge on any atom is -0.477 e. The van der Waals surface area contributed by atoms with Crippen LogP contribution in [0.4, 0.5) is 5.82 Å². The van der Waals surface area contributed by atoms with Gasteiger partial charge in [-0.3, -0.25) is 0 Å². The fraction of sp³-hybridized carbons (Fsp3) is 0.286. The number of carboxylic acid groups (broad SMARTS) is 1. The minimum atomic E-state index is -1.00. The molecule has 98 valence electrons. The molecular weight excluding hydrogens is 244 g/mol. The largest absolute Gasteiger partial charge is 0.477 e. The van der Waals surface area contributed by atoms with Gasteiger partial charge in [0, 0.05) is 25.6 Å². The van der Waals surface area contributed by atoms with Crippen LogP contribution in [0.3, 0.4) is 0 Å². The molecule has 1 aromatic heterocycles. The quantitative estimate of drug-likeness (QED) is 0.909. The van der Waals surface area contributed by atoms with E-state index in [-0.39, 0.29) is 11.8 Å². The molecule has 1 aliphatic rings. The van der Waals surface area contributed by atoms with Crippen molar-refractivity contribution in [2.24, 2.45) is 0 Å². The fourth-order valence-corrected chi connectivity index (χ4v) is 2.29. The van der Waals surface area contributed by atoms with E-state index in [2.05, 4.69) is 4.98 Å². The number of ether oxygens (including phenoxy) is 1. The first-order valence-electron chi connectivity index (χ1n) is 6.10. The molecule has 0 spiro atoms. The Balaban J connectivity index is 2.08. The SMILES string of the molecule is COC1CN(c2nc(C(=O)O)cc3ccccc23)C1. The van der Waals surface area contributed by atoms with Crippen molar-refractivity contribution < 1.29 is 14.6 Å². The second-order valence-electron chi connectivity index (χ2n) is 4.62. The van der Waals surface area contributed by atoms with E-state index in [9.17, 15) is 4.79 Å². The Labute approximate surface area is 110 Å². The fourth-order valence-electron chi connectivity index (χ4n) is 2.29. The second-order valence-corrected chi connectivity index (χ2v) is 4.62. The molecule has 0 radical (unpaired) electrons. The molecule has 1 saturated heterocycles. The zero-order valence-electron chi connectivity index (χ0n) is 10.5. The lowest BCUT2D eigenvalue weighted by Gasteiger charge is -2.39. The molecule has 0 aliphatic carbocycles. The minimum absolute atomic E-state index is 0.0783. The molecule has 0 amide bonds. The molecular formula is C14H14N2O3. The molecule has 5 heteroatoms. The van der Waals surface area contributed by atoms with E-state index in [0.29, 0.717) is 0 Å². The first-order valence-corrected chi connectivity index (χ1v) is 6.10. The highest BCUT2D eigenvalue weighted by atomic mass is 16.5. The van der Waals surface area contributed by atoms with Gasteiger partial charge < -0.3 is 14.7 Å². The zero-order chi connectivity index (χ0) is 13.4. The standard InChI is InChI=1S/C14H14N2O3/c1-19-10-7-16(8-10)13-11-5-3-2-4-9(11)6-12(15-13)14(17)18/h2-6,10H,7-8H2,1H3,(H,17,18). The van der Waals surface area contributed by atoms with Crippen molar-refractivity contribution in [3.05, 3.63) is 36.0 Å². The molecule has 2 aromatic rings. The van der Waals surface area contributed by atoms with Gasteiger partial charge in [-0.25, -0.2) is 9.78 Å². The van der Waals surface area contributed by atoms with Gasteiger partial charge in [-0.15, -0.1) is 0 Å². The van der Waals surface area contributed by atoms with Gasteiger partial charge in [-0.2, -0.15) is 0 Å². The maximum Gasteiger partial charge on any atom is 0.354 e. The lowest BCUT2D eigenvalue weighted by atomic mass is 10.1. The lowest BCUT2D eigenvalue weighted by Crippen LogP contribution is -2.52. The summed E-state index contributed by atoms with van der Waals surface area (Å²) in [6, 6.07) is 9.30. The van der Waals surface area contributed by atoms with E-state index in [4.69, 9.17) is 9.84 Å². The van der Waals surface area contributed by atoms with Gasteiger partial charge in [0.2, 0.25) is 0 Å². The monoisotopic (exact) mass is 258 g/mol. The summed E-state index contributed by atoms with van der Waals surface area (Å²) in [7, 11) is 1.68. The molecule has 1 fully saturated rings. The van der Waals surface area contributed by atoms with Crippen LogP contribution in [0, 0.1) is 0 Å². The molecule has 3 rings (SSSR count). The number of carboxylic acids is 1. The Morgan fingerprint density at radius 3 is 2.84 bits per heavy atom. The number of pyridine rings is 1. The average molecular weight is 258 g/mol. The molecule has 19 heavy (non-hydrogen) atoms. The van der Waals surface area contributed by atoms with Crippen LogP contribution < -0.4 is 4.90 Å². The van der Waals surface area contributed by atoms with E-state index in [1.54, 1.807) is 13.2 Å². The zero-order valence-corrected chi connectivity index (χ0v) is 10.5. The Bertz CT molecular complexity index is 636. The molecule has 5 nitrogen and oxygen atoms in total. The number of hydrogen-bond donors (Lipinski definition) is 1. The number of aromatic nitrogens is 1. The number of methoxy groups -OCH3 is 1. The van der Waals surface area contributed by atoms with Crippen LogP contribution in [0.5, 0.6) is 0 Å². The van der Waals surface area contributed by atoms with Gasteiger partial charge in [0.25, 0.3) is 0 Å². The van der Waals surface area contributed by atoms with Gasteiger partial charge in [-0.05, 0) is 11.5 Å². The van der Waals surface area contributed by atoms with Crippen LogP contribution in [0.1, 0.15) is 10.5 Å². The molecule has 1 aromatic carbocycles. The number of carbonyl (C=O) groups is 1. The smallest absolute Gasteiger partial charge is 0.354 e. The van der Waals surface area contributed by atoms with E-state index in [0.717, 1.165) is 29.7 Å². The third-order valence-electron chi connectivity index (χ3n) is 3.42. The van der Waals surface area contributed by atoms with Gasteiger partial charge in [0.05, 0.1) is 6.10 Å². The van der Waals surface area contributed by atoms with Gasteiger partial charge >= 0.3 is 5.97 Å². The van der Waals surface area contributed by atoms with Crippen molar-refractivity contribution in [1.29, 1.82) is 0 Å². The van der Waals surface area contributed by atoms with E-state index in [1.165, 1.54) is 0 Å². The Hall–Kier alpha value is -2.14. The van der Waals surface area contributed by atoms with E-state index < -0.39 is 5.97 Å². The van der Waals surface area contributed by atoms with Crippen LogP contribution in [0.2, 0.25) is 0 Å². The summed E-state index contributed by atoms with van der Waals surface area (Å²) in [4.78, 5) is 17.4. The highest BCUT2D eigenvalue weighted by Gasteiger charge is 2.29. The highest BCUT2D eigenvalue weighted by molar-refractivity contribution is 5.98. The maximum absolute atomic E-state index is 11.1. The van der Waals surface area contributed by atoms with Crippen LogP contribution in [0.15, 0.2) is 30.3 Å². The molecule has 2 heterocycles. The summed E-state index contributed by atoms with van der Waals surface area (Å²) in [5.41, 5.74) is 0.0783. The van der Waals surface area contributed by atoms with E-state index in [1.807, 2.05) is 29.2 Å². The van der Waals surface area contributed by atoms with Crippen molar-refractivity contribution in [2.75, 3.05) is 25.1 Å². The number of rotatable bonds is 3. The molecule has 1 N–H and O–H groups in total. The van der Waals surface area contributed by atoms with Gasteiger partial charge in [0.15, 0.2) is 5.69 Å². The van der Waals surface area contributed by atoms with Crippen molar-refractivity contribution in [3.63, 3.8) is 0 Å². The lowest BCUT2D eigenvalue weighted by molar-refractivity contribution is 0.0690. The van der Waals surface area contributed by atoms with Gasteiger partial charge in [-0.1, -0.05) is 24.3 Å². The van der Waals surface area contributed by atoms with Gasteiger partial charge in [0.1, 0.15) is 5.82 Å². The first kappa shape index (κ1) is 11.9. The van der Waals surface area contributed by atoms with Crippen molar-refractivity contribution in [2.45, 2.75) is 6.10 Å². The number of benzene rings is 1. The normalized spacial score (nSPS) is 15.5. The predicted molar refractivity (Wildman–Crippen MR) is 71.7 cm³/mol. The first-order chi connectivity index (χ1) is 9.19. The summed E-state index contributed by atoms with van der Waals surface area (Å²) in [5.74, 6) is -0.278. The van der Waals surface area contributed by atoms with Crippen LogP contribution in [-0.4, -0.2) is 42.4 Å². The number of fused-ring (bicyclic) bond motifs is 1. The summed E-state index contributed by atoms with van der Waals surface area (Å²) in [6.07, 6.45) is 0.203. The summed E-state index contributed by atoms with van der Waals surface area (Å²) >= 11 is 0. The number of anilines is 1. The number of hydrogen-bond acceptors (Lipinski definition) is 4. The Morgan fingerprint density at radius 2 is 2.16 bits per heavy atom. The third-order valence-corrected chi connectivity index (χ3v) is 3.42.